The summed E-state index contributed by atoms with van der Waals surface area (Å²) in [6, 6.07) is 16.7. The highest BCUT2D eigenvalue weighted by Crippen LogP contribution is 2.30. The van der Waals surface area contributed by atoms with Crippen LogP contribution in [0.1, 0.15) is 36.2 Å². The second-order valence-electron chi connectivity index (χ2n) is 5.07. The monoisotopic (exact) mass is 284 g/mol. The molecule has 2 aromatic rings. The van der Waals surface area contributed by atoms with Crippen LogP contribution in [-0.4, -0.2) is 13.1 Å². The Labute approximate surface area is 125 Å². The van der Waals surface area contributed by atoms with Gasteiger partial charge in [-0.1, -0.05) is 37.3 Å². The summed E-state index contributed by atoms with van der Waals surface area (Å²) in [5, 5.41) is 0. The Morgan fingerprint density at radius 2 is 1.67 bits per heavy atom. The fraction of sp³-hybridized carbons (Fsp3) is 0.278. The average molecular weight is 284 g/mol. The number of methoxy groups -OCH3 is 1. The molecule has 1 atom stereocenters. The van der Waals surface area contributed by atoms with Gasteiger partial charge in [0.05, 0.1) is 12.7 Å². The maximum absolute atomic E-state index is 12.3. The first kappa shape index (κ1) is 15.1. The zero-order chi connectivity index (χ0) is 15.3. The lowest BCUT2D eigenvalue weighted by molar-refractivity contribution is -0.0141. The van der Waals surface area contributed by atoms with Gasteiger partial charge in [0.1, 0.15) is 11.4 Å². The molecule has 110 valence electrons. The number of carbonyl (C=O) groups excluding carboxylic acids is 1. The molecule has 0 unspecified atom stereocenters. The summed E-state index contributed by atoms with van der Waals surface area (Å²) in [5.74, 6) is 0.388. The van der Waals surface area contributed by atoms with E-state index in [4.69, 9.17) is 9.47 Å². The number of ether oxygens (including phenoxy) is 2. The van der Waals surface area contributed by atoms with Crippen molar-refractivity contribution in [3.63, 3.8) is 0 Å². The first-order chi connectivity index (χ1) is 10.1. The van der Waals surface area contributed by atoms with E-state index in [1.165, 1.54) is 0 Å². The van der Waals surface area contributed by atoms with E-state index in [0.29, 0.717) is 17.7 Å². The molecule has 21 heavy (non-hydrogen) atoms. The van der Waals surface area contributed by atoms with E-state index in [-0.39, 0.29) is 5.97 Å². The van der Waals surface area contributed by atoms with Gasteiger partial charge >= 0.3 is 5.97 Å². The first-order valence-corrected chi connectivity index (χ1v) is 7.02. The van der Waals surface area contributed by atoms with Crippen LogP contribution in [0.5, 0.6) is 5.75 Å². The molecule has 0 heterocycles. The second-order valence-corrected chi connectivity index (χ2v) is 5.07. The van der Waals surface area contributed by atoms with Crippen LogP contribution in [0, 0.1) is 0 Å². The molecule has 0 aliphatic rings. The van der Waals surface area contributed by atoms with Crippen LogP contribution < -0.4 is 4.74 Å². The molecule has 0 aliphatic heterocycles. The van der Waals surface area contributed by atoms with Gasteiger partial charge in [-0.25, -0.2) is 4.79 Å². The van der Waals surface area contributed by atoms with Gasteiger partial charge in [0.15, 0.2) is 0 Å². The van der Waals surface area contributed by atoms with Crippen LogP contribution in [0.3, 0.4) is 0 Å². The molecule has 0 aliphatic carbocycles. The van der Waals surface area contributed by atoms with E-state index in [0.717, 1.165) is 5.56 Å². The normalized spacial score (nSPS) is 13.3. The van der Waals surface area contributed by atoms with Gasteiger partial charge < -0.3 is 9.47 Å². The van der Waals surface area contributed by atoms with Crippen molar-refractivity contribution >= 4 is 5.97 Å². The zero-order valence-corrected chi connectivity index (χ0v) is 12.6. The van der Waals surface area contributed by atoms with Crippen LogP contribution >= 0.6 is 0 Å². The van der Waals surface area contributed by atoms with E-state index in [1.54, 1.807) is 31.4 Å². The van der Waals surface area contributed by atoms with Crippen molar-refractivity contribution in [1.29, 1.82) is 0 Å². The quantitative estimate of drug-likeness (QED) is 0.773. The number of hydrogen-bond acceptors (Lipinski definition) is 3. The number of hydrogen-bond donors (Lipinski definition) is 0. The Balaban J connectivity index is 2.19. The maximum atomic E-state index is 12.3. The molecule has 0 N–H and O–H groups in total. The van der Waals surface area contributed by atoms with Crippen molar-refractivity contribution in [3.8, 4) is 5.75 Å². The highest BCUT2D eigenvalue weighted by molar-refractivity contribution is 5.89. The molecule has 3 nitrogen and oxygen atoms in total. The Bertz CT molecular complexity index is 590. The second kappa shape index (κ2) is 6.44. The molecule has 0 bridgehead atoms. The molecule has 0 fully saturated rings. The molecule has 0 spiro atoms. The van der Waals surface area contributed by atoms with E-state index >= 15 is 0 Å². The van der Waals surface area contributed by atoms with Crippen LogP contribution in [-0.2, 0) is 10.3 Å². The summed E-state index contributed by atoms with van der Waals surface area (Å²) >= 11 is 0. The molecule has 0 saturated heterocycles. The number of benzene rings is 2. The maximum Gasteiger partial charge on any atom is 0.339 e. The molecule has 2 aromatic carbocycles. The molecule has 0 saturated carbocycles. The third kappa shape index (κ3) is 3.43. The van der Waals surface area contributed by atoms with E-state index in [2.05, 4.69) is 0 Å². The Hall–Kier alpha value is -2.29. The SMILES string of the molecule is CC[C@](C)(OC(=O)c1ccc(OC)cc1)c1ccccc1. The first-order valence-electron chi connectivity index (χ1n) is 7.02. The molecule has 0 aromatic heterocycles. The smallest absolute Gasteiger partial charge is 0.339 e. The van der Waals surface area contributed by atoms with Gasteiger partial charge in [0.25, 0.3) is 0 Å². The predicted octanol–water partition coefficient (Wildman–Crippen LogP) is 4.18. The summed E-state index contributed by atoms with van der Waals surface area (Å²) in [7, 11) is 1.59. The minimum absolute atomic E-state index is 0.328. The Kier molecular flexibility index (Phi) is 4.63. The van der Waals surface area contributed by atoms with Crippen molar-refractivity contribution in [2.75, 3.05) is 7.11 Å². The summed E-state index contributed by atoms with van der Waals surface area (Å²) < 4.78 is 10.8. The van der Waals surface area contributed by atoms with Gasteiger partial charge in [-0.3, -0.25) is 0 Å². The topological polar surface area (TPSA) is 35.5 Å². The molecule has 3 heteroatoms. The summed E-state index contributed by atoms with van der Waals surface area (Å²) in [6.45, 7) is 3.94. The van der Waals surface area contributed by atoms with E-state index in [1.807, 2.05) is 44.2 Å². The number of carbonyl (C=O) groups is 1. The fourth-order valence-corrected chi connectivity index (χ4v) is 2.12. The molecular formula is C18H20O3. The van der Waals surface area contributed by atoms with Crippen LogP contribution in [0.25, 0.3) is 0 Å². The van der Waals surface area contributed by atoms with E-state index in [9.17, 15) is 4.79 Å². The lowest BCUT2D eigenvalue weighted by Crippen LogP contribution is -2.28. The van der Waals surface area contributed by atoms with Gasteiger partial charge in [-0.15, -0.1) is 0 Å². The van der Waals surface area contributed by atoms with E-state index < -0.39 is 5.60 Å². The summed E-state index contributed by atoms with van der Waals surface area (Å²) in [5.41, 5.74) is 0.888. The molecular weight excluding hydrogens is 264 g/mol. The van der Waals surface area contributed by atoms with Gasteiger partial charge in [0.2, 0.25) is 0 Å². The average Bonchev–Trinajstić information content (AvgIpc) is 2.55. The third-order valence-corrected chi connectivity index (χ3v) is 3.70. The van der Waals surface area contributed by atoms with Crippen molar-refractivity contribution in [2.45, 2.75) is 25.9 Å². The highest BCUT2D eigenvalue weighted by Gasteiger charge is 2.29. The highest BCUT2D eigenvalue weighted by atomic mass is 16.6. The van der Waals surface area contributed by atoms with Crippen LogP contribution in [0.4, 0.5) is 0 Å². The third-order valence-electron chi connectivity index (χ3n) is 3.70. The Morgan fingerprint density at radius 3 is 2.19 bits per heavy atom. The van der Waals surface area contributed by atoms with Crippen LogP contribution in [0.2, 0.25) is 0 Å². The Morgan fingerprint density at radius 1 is 1.05 bits per heavy atom. The van der Waals surface area contributed by atoms with Crippen LogP contribution in [0.15, 0.2) is 54.6 Å². The molecule has 0 amide bonds. The lowest BCUT2D eigenvalue weighted by atomic mass is 9.93. The lowest BCUT2D eigenvalue weighted by Gasteiger charge is -2.29. The predicted molar refractivity (Wildman–Crippen MR) is 82.5 cm³/mol. The van der Waals surface area contributed by atoms with Gasteiger partial charge in [-0.05, 0) is 43.2 Å². The van der Waals surface area contributed by atoms with Crippen molar-refractivity contribution in [2.24, 2.45) is 0 Å². The molecule has 2 rings (SSSR count). The van der Waals surface area contributed by atoms with Crippen molar-refractivity contribution in [3.05, 3.63) is 65.7 Å². The minimum atomic E-state index is -0.627. The number of esters is 1. The van der Waals surface area contributed by atoms with Crippen molar-refractivity contribution < 1.29 is 14.3 Å². The summed E-state index contributed by atoms with van der Waals surface area (Å²) in [6.07, 6.45) is 0.707. The fourth-order valence-electron chi connectivity index (χ4n) is 2.12. The minimum Gasteiger partial charge on any atom is -0.497 e. The van der Waals surface area contributed by atoms with Gasteiger partial charge in [-0.2, -0.15) is 0 Å². The summed E-state index contributed by atoms with van der Waals surface area (Å²) in [4.78, 5) is 12.3. The number of rotatable bonds is 5. The zero-order valence-electron chi connectivity index (χ0n) is 12.6. The largest absolute Gasteiger partial charge is 0.497 e. The van der Waals surface area contributed by atoms with Crippen molar-refractivity contribution in [1.82, 2.24) is 0 Å². The van der Waals surface area contributed by atoms with Gasteiger partial charge in [0, 0.05) is 0 Å². The molecule has 0 radical (unpaired) electrons. The standard InChI is InChI=1S/C18H20O3/c1-4-18(2,15-8-6-5-7-9-15)21-17(19)14-10-12-16(20-3)13-11-14/h5-13H,4H2,1-3H3/t18-/m0/s1.